The number of aliphatic hydroxyl groups excluding tert-OH is 1. The molecule has 2 aliphatic heterocycles. The normalized spacial score (nSPS) is 38.4. The summed E-state index contributed by atoms with van der Waals surface area (Å²) >= 11 is 0. The highest BCUT2D eigenvalue weighted by Gasteiger charge is 2.66. The van der Waals surface area contributed by atoms with Crippen LogP contribution in [0.5, 0.6) is 0 Å². The van der Waals surface area contributed by atoms with Crippen molar-refractivity contribution in [2.75, 3.05) is 32.8 Å². The molecule has 1 aromatic heterocycles. The molecule has 8 atom stereocenters. The van der Waals surface area contributed by atoms with Gasteiger partial charge in [0.2, 0.25) is 11.8 Å². The second kappa shape index (κ2) is 9.19. The van der Waals surface area contributed by atoms with Crippen molar-refractivity contribution in [3.8, 4) is 0 Å². The third-order valence-electron chi connectivity index (χ3n) is 11.2. The van der Waals surface area contributed by atoms with Gasteiger partial charge < -0.3 is 14.5 Å². The van der Waals surface area contributed by atoms with Crippen molar-refractivity contribution in [2.24, 2.45) is 47.3 Å². The molecule has 0 spiro atoms. The van der Waals surface area contributed by atoms with Crippen LogP contribution in [0.25, 0.3) is 11.0 Å². The van der Waals surface area contributed by atoms with Crippen molar-refractivity contribution in [3.05, 3.63) is 30.0 Å². The summed E-state index contributed by atoms with van der Waals surface area (Å²) in [5, 5.41) is 15.5. The molecule has 0 radical (unpaired) electrons. The number of nitrogens with zero attached hydrogens (tertiary/aromatic N) is 3. The largest absolute Gasteiger partial charge is 0.396 e. The number of amides is 2. The fraction of sp³-hybridized carbons (Fsp3) is 0.700. The van der Waals surface area contributed by atoms with Crippen LogP contribution in [0.4, 0.5) is 0 Å². The first-order valence-electron chi connectivity index (χ1n) is 14.6. The van der Waals surface area contributed by atoms with Gasteiger partial charge in [0.15, 0.2) is 5.58 Å². The van der Waals surface area contributed by atoms with Gasteiger partial charge >= 0.3 is 0 Å². The highest BCUT2D eigenvalue weighted by Crippen LogP contribution is 2.61. The standard InChI is InChI=1S/C30H39N3O4/c1-17-22-13-23(24(17)16-34)27-26(22)29(35)33(30(27)36)15-20-6-4-5-19(20)14-32-11-9-18(10-12-32)28-21-7-2-3-8-25(21)37-31-28/h2-3,7-8,17-20,22-24,26-27,34H,4-6,9-16H2,1H3/t17?,19-,20-,22?,23?,24?,26?,27?/m1/s1. The molecule has 7 heteroatoms. The monoisotopic (exact) mass is 505 g/mol. The number of imide groups is 1. The number of fused-ring (bicyclic) bond motifs is 6. The van der Waals surface area contributed by atoms with E-state index in [4.69, 9.17) is 4.52 Å². The molecule has 2 bridgehead atoms. The molecular formula is C30H39N3O4. The summed E-state index contributed by atoms with van der Waals surface area (Å²) in [5.74, 6) is 2.26. The zero-order valence-electron chi connectivity index (χ0n) is 21.8. The third-order valence-corrected chi connectivity index (χ3v) is 11.2. The Kier molecular flexibility index (Phi) is 5.92. The smallest absolute Gasteiger partial charge is 0.233 e. The number of para-hydroxylation sites is 1. The Hall–Kier alpha value is -2.25. The van der Waals surface area contributed by atoms with E-state index in [9.17, 15) is 14.7 Å². The predicted molar refractivity (Wildman–Crippen MR) is 138 cm³/mol. The molecule has 2 amide bonds. The average Bonchev–Trinajstić information content (AvgIpc) is 3.72. The summed E-state index contributed by atoms with van der Waals surface area (Å²) in [6, 6.07) is 8.14. The van der Waals surface area contributed by atoms with Crippen LogP contribution in [0.15, 0.2) is 28.8 Å². The fourth-order valence-electron chi connectivity index (χ4n) is 9.20. The molecule has 3 aliphatic carbocycles. The van der Waals surface area contributed by atoms with E-state index in [1.165, 1.54) is 12.8 Å². The maximum atomic E-state index is 13.5. The lowest BCUT2D eigenvalue weighted by Gasteiger charge is -2.35. The molecule has 7 rings (SSSR count). The molecule has 6 unspecified atom stereocenters. The molecule has 7 nitrogen and oxygen atoms in total. The Balaban J connectivity index is 0.975. The predicted octanol–water partition coefficient (Wildman–Crippen LogP) is 3.92. The lowest BCUT2D eigenvalue weighted by molar-refractivity contribution is -0.141. The second-order valence-corrected chi connectivity index (χ2v) is 12.7. The van der Waals surface area contributed by atoms with Gasteiger partial charge in [-0.25, -0.2) is 0 Å². The Morgan fingerprint density at radius 1 is 0.973 bits per heavy atom. The molecule has 1 N–H and O–H groups in total. The number of likely N-dealkylation sites (tertiary alicyclic amines) is 2. The number of benzene rings is 1. The summed E-state index contributed by atoms with van der Waals surface area (Å²) in [4.78, 5) is 31.2. The quantitative estimate of drug-likeness (QED) is 0.599. The topological polar surface area (TPSA) is 86.9 Å². The first-order valence-corrected chi connectivity index (χ1v) is 14.6. The Labute approximate surface area is 218 Å². The van der Waals surface area contributed by atoms with Crippen molar-refractivity contribution in [3.63, 3.8) is 0 Å². The number of rotatable bonds is 6. The second-order valence-electron chi connectivity index (χ2n) is 12.7. The van der Waals surface area contributed by atoms with Gasteiger partial charge in [0.25, 0.3) is 0 Å². The maximum absolute atomic E-state index is 13.5. The van der Waals surface area contributed by atoms with E-state index in [1.54, 1.807) is 4.90 Å². The number of aromatic nitrogens is 1. The number of piperidine rings is 1. The summed E-state index contributed by atoms with van der Waals surface area (Å²) in [6.45, 7) is 6.10. The van der Waals surface area contributed by atoms with Crippen LogP contribution in [0.1, 0.15) is 57.1 Å². The summed E-state index contributed by atoms with van der Waals surface area (Å²) in [7, 11) is 0. The van der Waals surface area contributed by atoms with E-state index < -0.39 is 0 Å². The van der Waals surface area contributed by atoms with E-state index >= 15 is 0 Å². The van der Waals surface area contributed by atoms with Crippen LogP contribution in [0.2, 0.25) is 0 Å². The van der Waals surface area contributed by atoms with Crippen molar-refractivity contribution in [1.29, 1.82) is 0 Å². The molecule has 2 saturated heterocycles. The van der Waals surface area contributed by atoms with Crippen LogP contribution >= 0.6 is 0 Å². The van der Waals surface area contributed by atoms with Gasteiger partial charge in [-0.2, -0.15) is 0 Å². The lowest BCUT2D eigenvalue weighted by Crippen LogP contribution is -2.41. The minimum absolute atomic E-state index is 0.0687. The van der Waals surface area contributed by atoms with Crippen molar-refractivity contribution < 1.29 is 19.2 Å². The lowest BCUT2D eigenvalue weighted by atomic mass is 9.70. The molecule has 37 heavy (non-hydrogen) atoms. The first-order chi connectivity index (χ1) is 18.0. The van der Waals surface area contributed by atoms with Gasteiger partial charge in [-0.1, -0.05) is 30.6 Å². The van der Waals surface area contributed by atoms with Gasteiger partial charge in [0.05, 0.1) is 17.5 Å². The highest BCUT2D eigenvalue weighted by atomic mass is 16.5. The summed E-state index contributed by atoms with van der Waals surface area (Å²) in [5.41, 5.74) is 1.98. The number of carbonyl (C=O) groups excluding carboxylic acids is 2. The molecule has 3 saturated carbocycles. The minimum Gasteiger partial charge on any atom is -0.396 e. The Morgan fingerprint density at radius 2 is 1.68 bits per heavy atom. The summed E-state index contributed by atoms with van der Waals surface area (Å²) < 4.78 is 5.56. The van der Waals surface area contributed by atoms with Crippen LogP contribution in [-0.2, 0) is 9.59 Å². The number of carbonyl (C=O) groups is 2. The molecule has 198 valence electrons. The summed E-state index contributed by atoms with van der Waals surface area (Å²) in [6.07, 6.45) is 6.62. The minimum atomic E-state index is -0.169. The molecule has 5 fully saturated rings. The van der Waals surface area contributed by atoms with Crippen LogP contribution in [-0.4, -0.2) is 64.7 Å². The molecule has 1 aromatic carbocycles. The Bertz CT molecular complexity index is 1190. The zero-order valence-corrected chi connectivity index (χ0v) is 21.8. The highest BCUT2D eigenvalue weighted by molar-refractivity contribution is 6.06. The first kappa shape index (κ1) is 23.8. The molecule has 3 heterocycles. The molecule has 2 aromatic rings. The van der Waals surface area contributed by atoms with Crippen molar-refractivity contribution >= 4 is 22.8 Å². The van der Waals surface area contributed by atoms with Crippen molar-refractivity contribution in [2.45, 2.75) is 51.4 Å². The van der Waals surface area contributed by atoms with Gasteiger partial charge in [0.1, 0.15) is 0 Å². The third kappa shape index (κ3) is 3.71. The van der Waals surface area contributed by atoms with E-state index in [0.717, 1.165) is 62.0 Å². The van der Waals surface area contributed by atoms with E-state index in [2.05, 4.69) is 29.1 Å². The average molecular weight is 506 g/mol. The fourth-order valence-corrected chi connectivity index (χ4v) is 9.20. The van der Waals surface area contributed by atoms with Crippen LogP contribution < -0.4 is 0 Å². The molecule has 5 aliphatic rings. The van der Waals surface area contributed by atoms with Gasteiger partial charge in [-0.15, -0.1) is 0 Å². The van der Waals surface area contributed by atoms with E-state index in [-0.39, 0.29) is 48.0 Å². The van der Waals surface area contributed by atoms with Crippen LogP contribution in [0, 0.1) is 47.3 Å². The van der Waals surface area contributed by atoms with E-state index in [0.29, 0.717) is 30.2 Å². The maximum Gasteiger partial charge on any atom is 0.233 e. The SMILES string of the molecule is CC1C(CO)C2CC1C1C(=O)N(C[C@H]3CCC[C@@H]3CN3CCC(c4noc5ccccc45)CC3)C(=O)C21. The van der Waals surface area contributed by atoms with Crippen LogP contribution in [0.3, 0.4) is 0 Å². The van der Waals surface area contributed by atoms with Gasteiger partial charge in [0, 0.05) is 31.0 Å². The van der Waals surface area contributed by atoms with Gasteiger partial charge in [-0.05, 0) is 92.8 Å². The number of hydrogen-bond donors (Lipinski definition) is 1. The number of aliphatic hydroxyl groups is 1. The van der Waals surface area contributed by atoms with Crippen molar-refractivity contribution in [1.82, 2.24) is 15.0 Å². The number of hydrogen-bond acceptors (Lipinski definition) is 6. The Morgan fingerprint density at radius 3 is 2.43 bits per heavy atom. The zero-order chi connectivity index (χ0) is 25.3. The van der Waals surface area contributed by atoms with Gasteiger partial charge in [-0.3, -0.25) is 14.5 Å². The molecular weight excluding hydrogens is 466 g/mol. The van der Waals surface area contributed by atoms with E-state index in [1.807, 2.05) is 12.1 Å².